The summed E-state index contributed by atoms with van der Waals surface area (Å²) < 4.78 is 0. The molecule has 0 aliphatic heterocycles. The van der Waals surface area contributed by atoms with Gasteiger partial charge in [0.1, 0.15) is 0 Å². The summed E-state index contributed by atoms with van der Waals surface area (Å²) in [7, 11) is 0. The third-order valence-corrected chi connectivity index (χ3v) is 2.82. The van der Waals surface area contributed by atoms with Gasteiger partial charge in [-0.3, -0.25) is 0 Å². The fourth-order valence-corrected chi connectivity index (χ4v) is 2.09. The fraction of sp³-hybridized carbons (Fsp3) is 0.417. The Labute approximate surface area is 95.2 Å². The molecule has 0 unspecified atom stereocenters. The molecule has 0 fully saturated rings. The topological polar surface area (TPSA) is 67.1 Å². The predicted molar refractivity (Wildman–Crippen MR) is 64.5 cm³/mol. The van der Waals surface area contributed by atoms with Crippen LogP contribution in [0.1, 0.15) is 17.5 Å². The molecule has 0 heterocycles. The number of carbonyl (C=O) groups is 1. The molecule has 1 aromatic rings. The Morgan fingerprint density at radius 3 is 3.06 bits per heavy atom. The number of urea groups is 1. The number of amides is 2. The van der Waals surface area contributed by atoms with Crippen LogP contribution in [0.3, 0.4) is 0 Å². The van der Waals surface area contributed by atoms with Crippen molar-refractivity contribution < 1.29 is 4.79 Å². The highest BCUT2D eigenvalue weighted by atomic mass is 16.2. The third-order valence-electron chi connectivity index (χ3n) is 2.82. The molecule has 2 amide bonds. The first-order valence-corrected chi connectivity index (χ1v) is 5.67. The second-order valence-corrected chi connectivity index (χ2v) is 3.97. The van der Waals surface area contributed by atoms with Gasteiger partial charge in [0, 0.05) is 18.8 Å². The summed E-state index contributed by atoms with van der Waals surface area (Å²) in [5.41, 5.74) is 8.89. The molecule has 86 valence electrons. The van der Waals surface area contributed by atoms with Crippen molar-refractivity contribution in [3.05, 3.63) is 29.3 Å². The predicted octanol–water partition coefficient (Wildman–Crippen LogP) is 1.26. The molecule has 0 radical (unpaired) electrons. The third kappa shape index (κ3) is 2.33. The van der Waals surface area contributed by atoms with Crippen LogP contribution in [-0.2, 0) is 12.8 Å². The van der Waals surface area contributed by atoms with Crippen molar-refractivity contribution in [1.82, 2.24) is 5.32 Å². The zero-order chi connectivity index (χ0) is 11.4. The van der Waals surface area contributed by atoms with Crippen LogP contribution in [0.15, 0.2) is 18.2 Å². The maximum atomic E-state index is 11.5. The average molecular weight is 219 g/mol. The summed E-state index contributed by atoms with van der Waals surface area (Å²) >= 11 is 0. The largest absolute Gasteiger partial charge is 0.337 e. The first-order valence-electron chi connectivity index (χ1n) is 5.67. The van der Waals surface area contributed by atoms with E-state index in [0.717, 1.165) is 18.5 Å². The first-order chi connectivity index (χ1) is 7.81. The van der Waals surface area contributed by atoms with E-state index in [1.807, 2.05) is 12.1 Å². The molecule has 0 bridgehead atoms. The van der Waals surface area contributed by atoms with Gasteiger partial charge in [-0.05, 0) is 36.5 Å². The molecule has 0 aromatic heterocycles. The summed E-state index contributed by atoms with van der Waals surface area (Å²) in [5, 5.41) is 5.57. The van der Waals surface area contributed by atoms with Gasteiger partial charge in [-0.15, -0.1) is 0 Å². The Bertz CT molecular complexity index is 390. The summed E-state index contributed by atoms with van der Waals surface area (Å²) in [6.07, 6.45) is 3.36. The summed E-state index contributed by atoms with van der Waals surface area (Å²) in [6, 6.07) is 5.89. The lowest BCUT2D eigenvalue weighted by molar-refractivity contribution is 0.252. The van der Waals surface area contributed by atoms with Crippen LogP contribution in [0.4, 0.5) is 10.5 Å². The number of nitrogens with one attached hydrogen (secondary N) is 2. The van der Waals surface area contributed by atoms with Crippen LogP contribution in [0.2, 0.25) is 0 Å². The number of carbonyl (C=O) groups excluding carboxylic acids is 1. The van der Waals surface area contributed by atoms with Gasteiger partial charge in [0.15, 0.2) is 0 Å². The van der Waals surface area contributed by atoms with Gasteiger partial charge < -0.3 is 16.4 Å². The molecule has 0 saturated carbocycles. The number of nitrogens with two attached hydrogens (primary N) is 1. The molecule has 4 nitrogen and oxygen atoms in total. The van der Waals surface area contributed by atoms with Gasteiger partial charge in [0.25, 0.3) is 0 Å². The number of hydrogen-bond donors (Lipinski definition) is 3. The molecule has 4 N–H and O–H groups in total. The van der Waals surface area contributed by atoms with Crippen molar-refractivity contribution in [2.45, 2.75) is 19.3 Å². The van der Waals surface area contributed by atoms with Crippen LogP contribution in [0.5, 0.6) is 0 Å². The van der Waals surface area contributed by atoms with E-state index in [-0.39, 0.29) is 6.03 Å². The lowest BCUT2D eigenvalue weighted by Crippen LogP contribution is -2.33. The summed E-state index contributed by atoms with van der Waals surface area (Å²) in [6.45, 7) is 0.959. The number of anilines is 1. The van der Waals surface area contributed by atoms with Crippen LogP contribution in [-0.4, -0.2) is 19.1 Å². The average Bonchev–Trinajstić information content (AvgIpc) is 2.75. The van der Waals surface area contributed by atoms with Crippen molar-refractivity contribution in [3.63, 3.8) is 0 Å². The molecular formula is C12H17N3O. The highest BCUT2D eigenvalue weighted by Crippen LogP contribution is 2.28. The van der Waals surface area contributed by atoms with Gasteiger partial charge in [-0.1, -0.05) is 12.1 Å². The number of hydrogen-bond acceptors (Lipinski definition) is 2. The van der Waals surface area contributed by atoms with E-state index in [4.69, 9.17) is 5.73 Å². The molecule has 1 aliphatic carbocycles. The van der Waals surface area contributed by atoms with E-state index in [1.165, 1.54) is 17.5 Å². The zero-order valence-electron chi connectivity index (χ0n) is 9.25. The summed E-state index contributed by atoms with van der Waals surface area (Å²) in [4.78, 5) is 11.5. The Kier molecular flexibility index (Phi) is 3.41. The highest BCUT2D eigenvalue weighted by molar-refractivity contribution is 5.90. The monoisotopic (exact) mass is 219 g/mol. The van der Waals surface area contributed by atoms with Crippen LogP contribution < -0.4 is 16.4 Å². The number of rotatable bonds is 3. The minimum atomic E-state index is -0.175. The van der Waals surface area contributed by atoms with E-state index in [9.17, 15) is 4.79 Å². The second kappa shape index (κ2) is 4.99. The van der Waals surface area contributed by atoms with Gasteiger partial charge in [0.05, 0.1) is 0 Å². The quantitative estimate of drug-likeness (QED) is 0.716. The Hall–Kier alpha value is -1.55. The Morgan fingerprint density at radius 1 is 1.38 bits per heavy atom. The normalized spacial score (nSPS) is 13.3. The van der Waals surface area contributed by atoms with Crippen molar-refractivity contribution in [3.8, 4) is 0 Å². The number of benzene rings is 1. The van der Waals surface area contributed by atoms with E-state index >= 15 is 0 Å². The maximum absolute atomic E-state index is 11.5. The van der Waals surface area contributed by atoms with Crippen LogP contribution in [0.25, 0.3) is 0 Å². The smallest absolute Gasteiger partial charge is 0.319 e. The van der Waals surface area contributed by atoms with Gasteiger partial charge in [-0.25, -0.2) is 4.79 Å². The standard InChI is InChI=1S/C12H17N3O/c13-7-8-14-12(16)15-11-6-2-4-9-3-1-5-10(9)11/h2,4,6H,1,3,5,7-8,13H2,(H2,14,15,16). The molecule has 0 spiro atoms. The van der Waals surface area contributed by atoms with E-state index in [0.29, 0.717) is 13.1 Å². The van der Waals surface area contributed by atoms with Crippen LogP contribution >= 0.6 is 0 Å². The van der Waals surface area contributed by atoms with E-state index < -0.39 is 0 Å². The SMILES string of the molecule is NCCNC(=O)Nc1cccc2c1CCC2. The molecule has 0 atom stereocenters. The molecule has 4 heteroatoms. The van der Waals surface area contributed by atoms with Gasteiger partial charge in [0.2, 0.25) is 0 Å². The lowest BCUT2D eigenvalue weighted by Gasteiger charge is -2.10. The van der Waals surface area contributed by atoms with E-state index in [1.54, 1.807) is 0 Å². The zero-order valence-corrected chi connectivity index (χ0v) is 9.25. The number of fused-ring (bicyclic) bond motifs is 1. The van der Waals surface area contributed by atoms with Crippen molar-refractivity contribution >= 4 is 11.7 Å². The Balaban J connectivity index is 2.04. The van der Waals surface area contributed by atoms with E-state index in [2.05, 4.69) is 16.7 Å². The maximum Gasteiger partial charge on any atom is 0.319 e. The molecule has 0 saturated heterocycles. The summed E-state index contributed by atoms with van der Waals surface area (Å²) in [5.74, 6) is 0. The second-order valence-electron chi connectivity index (χ2n) is 3.97. The Morgan fingerprint density at radius 2 is 2.25 bits per heavy atom. The molecular weight excluding hydrogens is 202 g/mol. The minimum absolute atomic E-state index is 0.175. The molecule has 1 aromatic carbocycles. The lowest BCUT2D eigenvalue weighted by atomic mass is 10.1. The van der Waals surface area contributed by atoms with Gasteiger partial charge >= 0.3 is 6.03 Å². The highest BCUT2D eigenvalue weighted by Gasteiger charge is 2.15. The minimum Gasteiger partial charge on any atom is -0.337 e. The molecule has 16 heavy (non-hydrogen) atoms. The van der Waals surface area contributed by atoms with Crippen LogP contribution in [0, 0.1) is 0 Å². The first kappa shape index (κ1) is 11.0. The van der Waals surface area contributed by atoms with Crippen molar-refractivity contribution in [2.24, 2.45) is 5.73 Å². The van der Waals surface area contributed by atoms with Crippen molar-refractivity contribution in [2.75, 3.05) is 18.4 Å². The van der Waals surface area contributed by atoms with Crippen molar-refractivity contribution in [1.29, 1.82) is 0 Å². The fourth-order valence-electron chi connectivity index (χ4n) is 2.09. The molecule has 2 rings (SSSR count). The van der Waals surface area contributed by atoms with Gasteiger partial charge in [-0.2, -0.15) is 0 Å². The number of aryl methyl sites for hydroxylation is 1. The molecule has 1 aliphatic rings.